The molecule has 1 unspecified atom stereocenters. The van der Waals surface area contributed by atoms with Crippen LogP contribution in [-0.4, -0.2) is 60.6 Å². The molecule has 1 aliphatic rings. The first-order chi connectivity index (χ1) is 14.0. The van der Waals surface area contributed by atoms with Crippen molar-refractivity contribution in [2.45, 2.75) is 30.3 Å². The number of carbonyl (C=O) groups excluding carboxylic acids is 2. The van der Waals surface area contributed by atoms with E-state index in [4.69, 9.17) is 0 Å². The summed E-state index contributed by atoms with van der Waals surface area (Å²) < 4.78 is 0. The van der Waals surface area contributed by atoms with Gasteiger partial charge in [-0.25, -0.2) is 0 Å². The van der Waals surface area contributed by atoms with Gasteiger partial charge in [-0.15, -0.1) is 11.8 Å². The molecule has 0 radical (unpaired) electrons. The van der Waals surface area contributed by atoms with Crippen molar-refractivity contribution in [2.24, 2.45) is 0 Å². The highest BCUT2D eigenvalue weighted by Crippen LogP contribution is 2.23. The fourth-order valence-corrected chi connectivity index (χ4v) is 4.50. The monoisotopic (exact) mass is 411 g/mol. The zero-order chi connectivity index (χ0) is 20.6. The van der Waals surface area contributed by atoms with Gasteiger partial charge in [-0.3, -0.25) is 14.5 Å². The third kappa shape index (κ3) is 6.34. The molecule has 3 rings (SSSR count). The van der Waals surface area contributed by atoms with Crippen LogP contribution in [-0.2, 0) is 11.3 Å². The Morgan fingerprint density at radius 3 is 2.59 bits per heavy atom. The molecule has 2 aromatic rings. The molecule has 1 saturated heterocycles. The van der Waals surface area contributed by atoms with Crippen molar-refractivity contribution in [1.82, 2.24) is 15.1 Å². The lowest BCUT2D eigenvalue weighted by molar-refractivity contribution is -0.125. The van der Waals surface area contributed by atoms with Crippen LogP contribution in [0, 0.1) is 0 Å². The summed E-state index contributed by atoms with van der Waals surface area (Å²) in [6.45, 7) is 2.82. The van der Waals surface area contributed by atoms with Gasteiger partial charge in [0.05, 0.1) is 11.3 Å². The van der Waals surface area contributed by atoms with Gasteiger partial charge >= 0.3 is 0 Å². The molecule has 0 bridgehead atoms. The van der Waals surface area contributed by atoms with Gasteiger partial charge in [-0.05, 0) is 37.1 Å². The molecule has 1 fully saturated rings. The van der Waals surface area contributed by atoms with Gasteiger partial charge in [-0.2, -0.15) is 0 Å². The van der Waals surface area contributed by atoms with Crippen LogP contribution in [0.15, 0.2) is 59.5 Å². The highest BCUT2D eigenvalue weighted by molar-refractivity contribution is 8.00. The van der Waals surface area contributed by atoms with Crippen LogP contribution in [0.4, 0.5) is 0 Å². The molecule has 154 valence electrons. The van der Waals surface area contributed by atoms with Gasteiger partial charge in [0.1, 0.15) is 0 Å². The molecule has 2 aromatic carbocycles. The Labute approximate surface area is 177 Å². The molecule has 5 nitrogen and oxygen atoms in total. The Morgan fingerprint density at radius 1 is 1.10 bits per heavy atom. The lowest BCUT2D eigenvalue weighted by Gasteiger charge is -2.33. The molecule has 0 saturated carbocycles. The molecular weight excluding hydrogens is 382 g/mol. The molecule has 1 aliphatic heterocycles. The fourth-order valence-electron chi connectivity index (χ4n) is 3.47. The normalized spacial score (nSPS) is 17.0. The SMILES string of the molecule is CN(C)C(=O)CSc1ccccc1C(=O)NC1CCCN(Cc2ccccc2)C1. The van der Waals surface area contributed by atoms with E-state index in [0.29, 0.717) is 11.3 Å². The van der Waals surface area contributed by atoms with E-state index in [9.17, 15) is 9.59 Å². The molecule has 0 aromatic heterocycles. The molecule has 1 heterocycles. The van der Waals surface area contributed by atoms with Gasteiger partial charge in [-0.1, -0.05) is 42.5 Å². The maximum atomic E-state index is 12.9. The average Bonchev–Trinajstić information content (AvgIpc) is 2.73. The first kappa shape index (κ1) is 21.4. The Balaban J connectivity index is 1.59. The molecule has 6 heteroatoms. The van der Waals surface area contributed by atoms with Gasteiger partial charge in [0.2, 0.25) is 5.91 Å². The van der Waals surface area contributed by atoms with Crippen LogP contribution in [0.25, 0.3) is 0 Å². The zero-order valence-corrected chi connectivity index (χ0v) is 18.0. The third-order valence-corrected chi connectivity index (χ3v) is 6.13. The smallest absolute Gasteiger partial charge is 0.252 e. The van der Waals surface area contributed by atoms with Crippen molar-refractivity contribution in [3.8, 4) is 0 Å². The Hall–Kier alpha value is -2.31. The predicted molar refractivity (Wildman–Crippen MR) is 118 cm³/mol. The number of hydrogen-bond acceptors (Lipinski definition) is 4. The minimum atomic E-state index is -0.0584. The number of benzene rings is 2. The van der Waals surface area contributed by atoms with Crippen molar-refractivity contribution < 1.29 is 9.59 Å². The van der Waals surface area contributed by atoms with Crippen LogP contribution in [0.5, 0.6) is 0 Å². The number of nitrogens with zero attached hydrogens (tertiary/aromatic N) is 2. The zero-order valence-electron chi connectivity index (χ0n) is 17.1. The number of carbonyl (C=O) groups is 2. The molecule has 0 spiro atoms. The van der Waals surface area contributed by atoms with E-state index in [2.05, 4.69) is 34.5 Å². The summed E-state index contributed by atoms with van der Waals surface area (Å²) in [6, 6.07) is 18.1. The second-order valence-electron chi connectivity index (χ2n) is 7.61. The van der Waals surface area contributed by atoms with Crippen LogP contribution in [0.3, 0.4) is 0 Å². The number of piperidine rings is 1. The molecule has 0 aliphatic carbocycles. The van der Waals surface area contributed by atoms with Crippen molar-refractivity contribution in [1.29, 1.82) is 0 Å². The number of nitrogens with one attached hydrogen (secondary N) is 1. The second-order valence-corrected chi connectivity index (χ2v) is 8.62. The maximum Gasteiger partial charge on any atom is 0.252 e. The van der Waals surface area contributed by atoms with Crippen molar-refractivity contribution >= 4 is 23.6 Å². The summed E-state index contributed by atoms with van der Waals surface area (Å²) in [7, 11) is 3.48. The van der Waals surface area contributed by atoms with Gasteiger partial charge in [0.25, 0.3) is 5.91 Å². The fraction of sp³-hybridized carbons (Fsp3) is 0.391. The maximum absolute atomic E-state index is 12.9. The summed E-state index contributed by atoms with van der Waals surface area (Å²) in [5.74, 6) is 0.303. The number of rotatable bonds is 7. The van der Waals surface area contributed by atoms with Gasteiger partial charge in [0.15, 0.2) is 0 Å². The van der Waals surface area contributed by atoms with Crippen LogP contribution < -0.4 is 5.32 Å². The average molecular weight is 412 g/mol. The Kier molecular flexibility index (Phi) is 7.72. The number of likely N-dealkylation sites (tertiary alicyclic amines) is 1. The van der Waals surface area contributed by atoms with Crippen molar-refractivity contribution in [3.05, 3.63) is 65.7 Å². The van der Waals surface area contributed by atoms with E-state index in [-0.39, 0.29) is 17.9 Å². The van der Waals surface area contributed by atoms with Gasteiger partial charge in [0, 0.05) is 38.1 Å². The molecule has 1 atom stereocenters. The van der Waals surface area contributed by atoms with Crippen LogP contribution in [0.1, 0.15) is 28.8 Å². The number of amides is 2. The number of thioether (sulfide) groups is 1. The molecule has 2 amide bonds. The van der Waals surface area contributed by atoms with E-state index >= 15 is 0 Å². The Morgan fingerprint density at radius 2 is 1.83 bits per heavy atom. The minimum absolute atomic E-state index is 0.0362. The largest absolute Gasteiger partial charge is 0.348 e. The Bertz CT molecular complexity index is 826. The lowest BCUT2D eigenvalue weighted by atomic mass is 10.0. The summed E-state index contributed by atoms with van der Waals surface area (Å²) >= 11 is 1.41. The highest BCUT2D eigenvalue weighted by Gasteiger charge is 2.23. The second kappa shape index (κ2) is 10.5. The molecule has 1 N–H and O–H groups in total. The van der Waals surface area contributed by atoms with Crippen LogP contribution in [0.2, 0.25) is 0 Å². The topological polar surface area (TPSA) is 52.7 Å². The summed E-state index contributed by atoms with van der Waals surface area (Å²) in [6.07, 6.45) is 2.07. The quantitative estimate of drug-likeness (QED) is 0.711. The van der Waals surface area contributed by atoms with E-state index in [1.807, 2.05) is 30.3 Å². The van der Waals surface area contributed by atoms with E-state index in [1.54, 1.807) is 19.0 Å². The van der Waals surface area contributed by atoms with E-state index < -0.39 is 0 Å². The molecular formula is C23H29N3O2S. The molecule has 29 heavy (non-hydrogen) atoms. The standard InChI is InChI=1S/C23H29N3O2S/c1-25(2)22(27)17-29-21-13-7-6-12-20(21)23(28)24-19-11-8-14-26(16-19)15-18-9-4-3-5-10-18/h3-7,9-10,12-13,19H,8,11,14-17H2,1-2H3,(H,24,28). The number of hydrogen-bond donors (Lipinski definition) is 1. The summed E-state index contributed by atoms with van der Waals surface area (Å²) in [4.78, 5) is 29.7. The highest BCUT2D eigenvalue weighted by atomic mass is 32.2. The third-order valence-electron chi connectivity index (χ3n) is 5.07. The first-order valence-electron chi connectivity index (χ1n) is 10.0. The van der Waals surface area contributed by atoms with Crippen molar-refractivity contribution in [2.75, 3.05) is 32.9 Å². The summed E-state index contributed by atoms with van der Waals surface area (Å²) in [5.41, 5.74) is 1.94. The van der Waals surface area contributed by atoms with Crippen LogP contribution >= 0.6 is 11.8 Å². The van der Waals surface area contributed by atoms with E-state index in [0.717, 1.165) is 37.4 Å². The predicted octanol–water partition coefficient (Wildman–Crippen LogP) is 3.26. The van der Waals surface area contributed by atoms with Crippen molar-refractivity contribution in [3.63, 3.8) is 0 Å². The first-order valence-corrected chi connectivity index (χ1v) is 11.0. The summed E-state index contributed by atoms with van der Waals surface area (Å²) in [5, 5.41) is 3.21. The van der Waals surface area contributed by atoms with E-state index in [1.165, 1.54) is 17.3 Å². The van der Waals surface area contributed by atoms with Gasteiger partial charge < -0.3 is 10.2 Å². The lowest BCUT2D eigenvalue weighted by Crippen LogP contribution is -2.47. The minimum Gasteiger partial charge on any atom is -0.348 e.